The SMILES string of the molecule is COc1cc(F)c(C(=O)c2c(Cl)cccc2Cl)c(F)c1. The number of carbonyl (C=O) groups excluding carboxylic acids is 1. The van der Waals surface area contributed by atoms with Gasteiger partial charge in [-0.05, 0) is 12.1 Å². The lowest BCUT2D eigenvalue weighted by molar-refractivity contribution is 0.103. The van der Waals surface area contributed by atoms with Crippen molar-refractivity contribution in [3.05, 3.63) is 63.1 Å². The standard InChI is InChI=1S/C14H8Cl2F2O2/c1-20-7-5-10(17)13(11(18)6-7)14(19)12-8(15)3-2-4-9(12)16/h2-6H,1H3. The van der Waals surface area contributed by atoms with Gasteiger partial charge in [-0.2, -0.15) is 0 Å². The summed E-state index contributed by atoms with van der Waals surface area (Å²) in [6, 6.07) is 6.20. The van der Waals surface area contributed by atoms with E-state index in [1.54, 1.807) is 0 Å². The van der Waals surface area contributed by atoms with Crippen LogP contribution in [0.1, 0.15) is 15.9 Å². The van der Waals surface area contributed by atoms with E-state index in [0.29, 0.717) is 0 Å². The van der Waals surface area contributed by atoms with Gasteiger partial charge in [0.25, 0.3) is 0 Å². The smallest absolute Gasteiger partial charge is 0.201 e. The lowest BCUT2D eigenvalue weighted by Crippen LogP contribution is -2.09. The summed E-state index contributed by atoms with van der Waals surface area (Å²) in [6.45, 7) is 0. The molecule has 20 heavy (non-hydrogen) atoms. The van der Waals surface area contributed by atoms with E-state index < -0.39 is 23.0 Å². The van der Waals surface area contributed by atoms with Gasteiger partial charge >= 0.3 is 0 Å². The molecule has 0 amide bonds. The van der Waals surface area contributed by atoms with Gasteiger partial charge in [-0.15, -0.1) is 0 Å². The molecule has 0 fully saturated rings. The highest BCUT2D eigenvalue weighted by Crippen LogP contribution is 2.30. The van der Waals surface area contributed by atoms with Crippen LogP contribution in [0.3, 0.4) is 0 Å². The van der Waals surface area contributed by atoms with Gasteiger partial charge < -0.3 is 4.74 Å². The molecule has 0 heterocycles. The van der Waals surface area contributed by atoms with Gasteiger partial charge in [0, 0.05) is 12.1 Å². The Morgan fingerprint density at radius 1 is 1.05 bits per heavy atom. The minimum absolute atomic E-state index is 0.0251. The Morgan fingerprint density at radius 3 is 2.00 bits per heavy atom. The summed E-state index contributed by atoms with van der Waals surface area (Å²) >= 11 is 11.7. The number of hydrogen-bond acceptors (Lipinski definition) is 2. The van der Waals surface area contributed by atoms with Gasteiger partial charge in [0.05, 0.1) is 28.3 Å². The van der Waals surface area contributed by atoms with Gasteiger partial charge in [0.15, 0.2) is 0 Å². The average Bonchev–Trinajstić information content (AvgIpc) is 2.37. The number of hydrogen-bond donors (Lipinski definition) is 0. The number of ketones is 1. The molecule has 0 aliphatic heterocycles. The van der Waals surface area contributed by atoms with Crippen LogP contribution in [0.4, 0.5) is 8.78 Å². The summed E-state index contributed by atoms with van der Waals surface area (Å²) < 4.78 is 32.5. The minimum atomic E-state index is -1.04. The summed E-state index contributed by atoms with van der Waals surface area (Å²) in [6.07, 6.45) is 0. The van der Waals surface area contributed by atoms with Gasteiger partial charge in [-0.3, -0.25) is 4.79 Å². The fourth-order valence-electron chi connectivity index (χ4n) is 1.72. The van der Waals surface area contributed by atoms with E-state index in [1.807, 2.05) is 0 Å². The van der Waals surface area contributed by atoms with E-state index in [0.717, 1.165) is 12.1 Å². The van der Waals surface area contributed by atoms with Crippen LogP contribution < -0.4 is 4.74 Å². The highest BCUT2D eigenvalue weighted by atomic mass is 35.5. The Bertz CT molecular complexity index is 644. The monoisotopic (exact) mass is 316 g/mol. The first-order valence-electron chi connectivity index (χ1n) is 5.47. The maximum absolute atomic E-state index is 13.9. The fourth-order valence-corrected chi connectivity index (χ4v) is 2.29. The van der Waals surface area contributed by atoms with Crippen molar-refractivity contribution < 1.29 is 18.3 Å². The van der Waals surface area contributed by atoms with Gasteiger partial charge in [-0.1, -0.05) is 29.3 Å². The molecule has 0 N–H and O–H groups in total. The molecule has 0 radical (unpaired) electrons. The van der Waals surface area contributed by atoms with Gasteiger partial charge in [0.1, 0.15) is 17.4 Å². The average molecular weight is 317 g/mol. The predicted molar refractivity (Wildman–Crippen MR) is 72.8 cm³/mol. The lowest BCUT2D eigenvalue weighted by atomic mass is 10.0. The van der Waals surface area contributed by atoms with E-state index in [1.165, 1.54) is 25.3 Å². The molecular formula is C14H8Cl2F2O2. The van der Waals surface area contributed by atoms with Crippen molar-refractivity contribution in [1.82, 2.24) is 0 Å². The first kappa shape index (κ1) is 14.8. The van der Waals surface area contributed by atoms with Crippen molar-refractivity contribution in [2.75, 3.05) is 7.11 Å². The maximum Gasteiger partial charge on any atom is 0.201 e. The third-order valence-electron chi connectivity index (χ3n) is 2.67. The number of rotatable bonds is 3. The molecule has 6 heteroatoms. The van der Waals surface area contributed by atoms with Crippen LogP contribution in [-0.2, 0) is 0 Å². The molecule has 0 spiro atoms. The zero-order chi connectivity index (χ0) is 14.9. The second-order valence-corrected chi connectivity index (χ2v) is 4.71. The molecule has 0 aliphatic rings. The van der Waals surface area contributed by atoms with Crippen LogP contribution in [0.15, 0.2) is 30.3 Å². The number of carbonyl (C=O) groups is 1. The first-order valence-corrected chi connectivity index (χ1v) is 6.23. The fraction of sp³-hybridized carbons (Fsp3) is 0.0714. The van der Waals surface area contributed by atoms with Crippen molar-refractivity contribution in [2.24, 2.45) is 0 Å². The summed E-state index contributed by atoms with van der Waals surface area (Å²) in [7, 11) is 1.26. The van der Waals surface area contributed by atoms with Crippen LogP contribution in [-0.4, -0.2) is 12.9 Å². The summed E-state index contributed by atoms with van der Waals surface area (Å²) in [5.41, 5.74) is -0.861. The molecule has 0 bridgehead atoms. The third-order valence-corrected chi connectivity index (χ3v) is 3.30. The van der Waals surface area contributed by atoms with Crippen LogP contribution >= 0.6 is 23.2 Å². The molecule has 0 aromatic heterocycles. The molecule has 0 aliphatic carbocycles. The largest absolute Gasteiger partial charge is 0.497 e. The number of ether oxygens (including phenoxy) is 1. The van der Waals surface area contributed by atoms with Crippen molar-refractivity contribution in [1.29, 1.82) is 0 Å². The Labute approximate surface area is 123 Å². The number of methoxy groups -OCH3 is 1. The van der Waals surface area contributed by atoms with E-state index in [-0.39, 0.29) is 21.4 Å². The van der Waals surface area contributed by atoms with Crippen LogP contribution in [0, 0.1) is 11.6 Å². The molecule has 104 valence electrons. The second kappa shape index (κ2) is 5.77. The maximum atomic E-state index is 13.9. The number of halogens is 4. The summed E-state index contributed by atoms with van der Waals surface area (Å²) in [4.78, 5) is 12.2. The van der Waals surface area contributed by atoms with Crippen LogP contribution in [0.25, 0.3) is 0 Å². The zero-order valence-corrected chi connectivity index (χ0v) is 11.7. The molecule has 2 rings (SSSR count). The van der Waals surface area contributed by atoms with Crippen molar-refractivity contribution in [3.8, 4) is 5.75 Å². The van der Waals surface area contributed by atoms with Crippen LogP contribution in [0.2, 0.25) is 10.0 Å². The molecule has 0 atom stereocenters. The Hall–Kier alpha value is -1.65. The van der Waals surface area contributed by atoms with E-state index in [9.17, 15) is 13.6 Å². The molecule has 2 nitrogen and oxygen atoms in total. The summed E-state index contributed by atoms with van der Waals surface area (Å²) in [5, 5.41) is 0.0502. The minimum Gasteiger partial charge on any atom is -0.497 e. The second-order valence-electron chi connectivity index (χ2n) is 3.89. The van der Waals surface area contributed by atoms with E-state index in [4.69, 9.17) is 27.9 Å². The molecule has 0 saturated carbocycles. The topological polar surface area (TPSA) is 26.3 Å². The van der Waals surface area contributed by atoms with Gasteiger partial charge in [0.2, 0.25) is 5.78 Å². The Morgan fingerprint density at radius 2 is 1.55 bits per heavy atom. The highest BCUT2D eigenvalue weighted by Gasteiger charge is 2.24. The normalized spacial score (nSPS) is 10.4. The van der Waals surface area contributed by atoms with Crippen molar-refractivity contribution in [2.45, 2.75) is 0 Å². The van der Waals surface area contributed by atoms with E-state index in [2.05, 4.69) is 0 Å². The molecule has 0 unspecified atom stereocenters. The van der Waals surface area contributed by atoms with Gasteiger partial charge in [-0.25, -0.2) is 8.78 Å². The molecule has 0 saturated heterocycles. The Balaban J connectivity index is 2.60. The predicted octanol–water partition coefficient (Wildman–Crippen LogP) is 4.51. The number of benzene rings is 2. The lowest BCUT2D eigenvalue weighted by Gasteiger charge is -2.09. The molecular weight excluding hydrogens is 309 g/mol. The Kier molecular flexibility index (Phi) is 4.26. The van der Waals surface area contributed by atoms with E-state index >= 15 is 0 Å². The molecule has 2 aromatic rings. The quantitative estimate of drug-likeness (QED) is 0.779. The highest BCUT2D eigenvalue weighted by molar-refractivity contribution is 6.41. The zero-order valence-electron chi connectivity index (χ0n) is 10.2. The molecule has 2 aromatic carbocycles. The first-order chi connectivity index (χ1) is 9.45. The van der Waals surface area contributed by atoms with Crippen LogP contribution in [0.5, 0.6) is 5.75 Å². The summed E-state index contributed by atoms with van der Waals surface area (Å²) in [5.74, 6) is -3.02. The third kappa shape index (κ3) is 2.62. The van der Waals surface area contributed by atoms with Crippen molar-refractivity contribution in [3.63, 3.8) is 0 Å². The van der Waals surface area contributed by atoms with Crippen molar-refractivity contribution >= 4 is 29.0 Å².